The van der Waals surface area contributed by atoms with Gasteiger partial charge in [-0.25, -0.2) is 9.59 Å². The molecule has 1 N–H and O–H groups in total. The van der Waals surface area contributed by atoms with E-state index in [2.05, 4.69) is 4.74 Å². The van der Waals surface area contributed by atoms with Crippen LogP contribution in [-0.2, 0) is 9.47 Å². The van der Waals surface area contributed by atoms with E-state index in [1.807, 2.05) is 0 Å². The van der Waals surface area contributed by atoms with Gasteiger partial charge in [-0.15, -0.1) is 0 Å². The molecule has 1 aromatic carbocycles. The van der Waals surface area contributed by atoms with Gasteiger partial charge in [-0.2, -0.15) is 0 Å². The van der Waals surface area contributed by atoms with E-state index in [0.717, 1.165) is 6.26 Å². The smallest absolute Gasteiger partial charge is 0.343 e. The molecule has 0 unspecified atom stereocenters. The second-order valence-electron chi connectivity index (χ2n) is 4.77. The minimum atomic E-state index is -0.624. The number of carbonyl (C=O) groups is 2. The van der Waals surface area contributed by atoms with E-state index in [4.69, 9.17) is 9.84 Å². The number of aliphatic hydroxyl groups is 1. The summed E-state index contributed by atoms with van der Waals surface area (Å²) >= 11 is 0. The average molecular weight is 264 g/mol. The standard InChI is InChI=1S/C14H16O5/c1-14(2,3)19-13(17)11-6-4-10(5-7-11)12(16)18-9-8-15/h4-9,15H,1-3H3. The van der Waals surface area contributed by atoms with Gasteiger partial charge in [0.2, 0.25) is 0 Å². The Morgan fingerprint density at radius 1 is 1.05 bits per heavy atom. The Kier molecular flexibility index (Phi) is 4.69. The highest BCUT2D eigenvalue weighted by molar-refractivity contribution is 5.93. The molecule has 0 aliphatic rings. The Labute approximate surface area is 111 Å². The van der Waals surface area contributed by atoms with Gasteiger partial charge in [0.1, 0.15) is 18.1 Å². The summed E-state index contributed by atoms with van der Waals surface area (Å²) < 4.78 is 9.76. The van der Waals surface area contributed by atoms with Gasteiger partial charge >= 0.3 is 11.9 Å². The van der Waals surface area contributed by atoms with Crippen LogP contribution in [-0.4, -0.2) is 22.6 Å². The van der Waals surface area contributed by atoms with Gasteiger partial charge in [0.05, 0.1) is 11.1 Å². The number of esters is 2. The first-order chi connectivity index (χ1) is 8.83. The number of benzene rings is 1. The Morgan fingerprint density at radius 3 is 1.95 bits per heavy atom. The highest BCUT2D eigenvalue weighted by Gasteiger charge is 2.18. The number of ether oxygens (including phenoxy) is 2. The van der Waals surface area contributed by atoms with Crippen molar-refractivity contribution in [1.29, 1.82) is 0 Å². The molecule has 1 aromatic rings. The molecule has 5 nitrogen and oxygen atoms in total. The van der Waals surface area contributed by atoms with E-state index < -0.39 is 17.5 Å². The van der Waals surface area contributed by atoms with E-state index in [-0.39, 0.29) is 5.56 Å². The summed E-state index contributed by atoms with van der Waals surface area (Å²) in [6, 6.07) is 5.86. The Morgan fingerprint density at radius 2 is 1.53 bits per heavy atom. The van der Waals surface area contributed by atoms with Crippen molar-refractivity contribution in [2.24, 2.45) is 0 Å². The number of carbonyl (C=O) groups excluding carboxylic acids is 2. The topological polar surface area (TPSA) is 72.8 Å². The van der Waals surface area contributed by atoms with E-state index in [0.29, 0.717) is 11.8 Å². The summed E-state index contributed by atoms with van der Waals surface area (Å²) in [6.45, 7) is 5.33. The SMILES string of the molecule is CC(C)(C)OC(=O)c1ccc(C(=O)OC=CO)cc1. The number of hydrogen-bond donors (Lipinski definition) is 1. The van der Waals surface area contributed by atoms with Crippen molar-refractivity contribution in [3.63, 3.8) is 0 Å². The Hall–Kier alpha value is -2.30. The van der Waals surface area contributed by atoms with Crippen LogP contribution in [0.25, 0.3) is 0 Å². The molecule has 0 aromatic heterocycles. The maximum Gasteiger partial charge on any atom is 0.343 e. The summed E-state index contributed by atoms with van der Waals surface area (Å²) in [5, 5.41) is 8.37. The van der Waals surface area contributed by atoms with Crippen LogP contribution < -0.4 is 0 Å². The fourth-order valence-corrected chi connectivity index (χ4v) is 1.24. The summed E-state index contributed by atoms with van der Waals surface area (Å²) in [4.78, 5) is 23.1. The molecular weight excluding hydrogens is 248 g/mol. The third-order valence-electron chi connectivity index (χ3n) is 1.99. The number of rotatable bonds is 3. The molecule has 0 atom stereocenters. The molecule has 5 heteroatoms. The number of hydrogen-bond acceptors (Lipinski definition) is 5. The first-order valence-corrected chi connectivity index (χ1v) is 5.67. The molecular formula is C14H16O5. The summed E-state index contributed by atoms with van der Waals surface area (Å²) in [5.74, 6) is -1.08. The van der Waals surface area contributed by atoms with Crippen molar-refractivity contribution in [3.05, 3.63) is 47.9 Å². The van der Waals surface area contributed by atoms with Gasteiger partial charge in [0, 0.05) is 0 Å². The molecule has 0 saturated carbocycles. The third-order valence-corrected chi connectivity index (χ3v) is 1.99. The van der Waals surface area contributed by atoms with Crippen molar-refractivity contribution in [2.45, 2.75) is 26.4 Å². The van der Waals surface area contributed by atoms with Gasteiger partial charge in [0.25, 0.3) is 0 Å². The molecule has 0 spiro atoms. The lowest BCUT2D eigenvalue weighted by Crippen LogP contribution is -2.23. The summed E-state index contributed by atoms with van der Waals surface area (Å²) in [6.07, 6.45) is 1.48. The van der Waals surface area contributed by atoms with Crippen LogP contribution in [0.15, 0.2) is 36.8 Å². The molecule has 19 heavy (non-hydrogen) atoms. The lowest BCUT2D eigenvalue weighted by atomic mass is 10.1. The minimum absolute atomic E-state index is 0.269. The van der Waals surface area contributed by atoms with Gasteiger partial charge in [0.15, 0.2) is 0 Å². The van der Waals surface area contributed by atoms with Crippen LogP contribution in [0.1, 0.15) is 41.5 Å². The van der Waals surface area contributed by atoms with Crippen molar-refractivity contribution >= 4 is 11.9 Å². The maximum absolute atomic E-state index is 11.7. The van der Waals surface area contributed by atoms with E-state index in [9.17, 15) is 9.59 Å². The van der Waals surface area contributed by atoms with Crippen LogP contribution in [0.5, 0.6) is 0 Å². The zero-order valence-corrected chi connectivity index (χ0v) is 11.0. The molecule has 1 rings (SSSR count). The fourth-order valence-electron chi connectivity index (χ4n) is 1.24. The lowest BCUT2D eigenvalue weighted by molar-refractivity contribution is 0.00691. The lowest BCUT2D eigenvalue weighted by Gasteiger charge is -2.19. The van der Waals surface area contributed by atoms with Crippen molar-refractivity contribution in [2.75, 3.05) is 0 Å². The molecule has 0 radical (unpaired) electrons. The minimum Gasteiger partial charge on any atom is -0.512 e. The van der Waals surface area contributed by atoms with Crippen LogP contribution in [0.3, 0.4) is 0 Å². The highest BCUT2D eigenvalue weighted by atomic mass is 16.6. The largest absolute Gasteiger partial charge is 0.512 e. The number of aliphatic hydroxyl groups excluding tert-OH is 1. The first-order valence-electron chi connectivity index (χ1n) is 5.67. The van der Waals surface area contributed by atoms with Gasteiger partial charge in [-0.05, 0) is 45.0 Å². The average Bonchev–Trinajstić information content (AvgIpc) is 2.34. The zero-order valence-electron chi connectivity index (χ0n) is 11.0. The third kappa shape index (κ3) is 4.83. The van der Waals surface area contributed by atoms with Crippen LogP contribution >= 0.6 is 0 Å². The molecule has 0 aliphatic carbocycles. The van der Waals surface area contributed by atoms with Crippen LogP contribution in [0.2, 0.25) is 0 Å². The maximum atomic E-state index is 11.7. The Bertz CT molecular complexity index is 480. The second kappa shape index (κ2) is 6.04. The van der Waals surface area contributed by atoms with Crippen LogP contribution in [0, 0.1) is 0 Å². The van der Waals surface area contributed by atoms with Crippen molar-refractivity contribution < 1.29 is 24.2 Å². The van der Waals surface area contributed by atoms with E-state index in [1.54, 1.807) is 20.8 Å². The summed E-state index contributed by atoms with van der Waals surface area (Å²) in [7, 11) is 0. The molecule has 0 amide bonds. The molecule has 0 heterocycles. The van der Waals surface area contributed by atoms with Gasteiger partial charge in [-0.3, -0.25) is 0 Å². The molecule has 0 fully saturated rings. The quantitative estimate of drug-likeness (QED) is 0.671. The van der Waals surface area contributed by atoms with E-state index in [1.165, 1.54) is 24.3 Å². The van der Waals surface area contributed by atoms with Crippen molar-refractivity contribution in [3.8, 4) is 0 Å². The van der Waals surface area contributed by atoms with E-state index >= 15 is 0 Å². The molecule has 0 saturated heterocycles. The predicted molar refractivity (Wildman–Crippen MR) is 68.8 cm³/mol. The summed E-state index contributed by atoms with van der Waals surface area (Å²) in [5.41, 5.74) is 0.0511. The van der Waals surface area contributed by atoms with Crippen molar-refractivity contribution in [1.82, 2.24) is 0 Å². The second-order valence-corrected chi connectivity index (χ2v) is 4.77. The highest BCUT2D eigenvalue weighted by Crippen LogP contribution is 2.13. The fraction of sp³-hybridized carbons (Fsp3) is 0.286. The monoisotopic (exact) mass is 264 g/mol. The molecule has 0 bridgehead atoms. The Balaban J connectivity index is 2.76. The zero-order chi connectivity index (χ0) is 14.5. The predicted octanol–water partition coefficient (Wildman–Crippen LogP) is 2.83. The van der Waals surface area contributed by atoms with Gasteiger partial charge in [-0.1, -0.05) is 0 Å². The van der Waals surface area contributed by atoms with Crippen LogP contribution in [0.4, 0.5) is 0 Å². The normalized spacial score (nSPS) is 11.3. The first kappa shape index (κ1) is 14.8. The molecule has 0 aliphatic heterocycles. The molecule has 102 valence electrons. The van der Waals surface area contributed by atoms with Gasteiger partial charge < -0.3 is 14.6 Å².